The van der Waals surface area contributed by atoms with Gasteiger partial charge in [0.05, 0.1) is 5.69 Å². The number of hydrogen-bond acceptors (Lipinski definition) is 4. The molecule has 0 aliphatic rings. The van der Waals surface area contributed by atoms with Crippen LogP contribution in [0.5, 0.6) is 0 Å². The van der Waals surface area contributed by atoms with E-state index in [1.165, 1.54) is 17.4 Å². The zero-order valence-electron chi connectivity index (χ0n) is 10.6. The molecule has 0 spiro atoms. The van der Waals surface area contributed by atoms with Crippen LogP contribution >= 0.6 is 11.3 Å². The molecule has 0 aliphatic carbocycles. The highest BCUT2D eigenvalue weighted by atomic mass is 32.1. The first-order valence-corrected chi connectivity index (χ1v) is 6.74. The van der Waals surface area contributed by atoms with E-state index in [1.54, 1.807) is 5.38 Å². The van der Waals surface area contributed by atoms with E-state index in [4.69, 9.17) is 9.84 Å². The number of anilines is 1. The van der Waals surface area contributed by atoms with Gasteiger partial charge in [0.2, 0.25) is 0 Å². The minimum atomic E-state index is -1.10. The summed E-state index contributed by atoms with van der Waals surface area (Å²) in [5.74, 6) is -1.10. The number of carbonyl (C=O) groups excluding carboxylic acids is 1. The molecule has 1 amide bonds. The lowest BCUT2D eigenvalue weighted by Gasteiger charge is -2.19. The quantitative estimate of drug-likeness (QED) is 0.859. The lowest BCUT2D eigenvalue weighted by Crippen LogP contribution is -2.36. The summed E-state index contributed by atoms with van der Waals surface area (Å²) in [5, 5.41) is 11.5. The molecule has 5 nitrogen and oxygen atoms in total. The Morgan fingerprint density at radius 3 is 2.85 bits per heavy atom. The molecule has 1 heterocycles. The maximum Gasteiger partial charge on any atom is 0.415 e. The minimum Gasteiger partial charge on any atom is -0.480 e. The second-order valence-electron chi connectivity index (χ2n) is 3.96. The molecule has 104 valence electrons. The van der Waals surface area contributed by atoms with Crippen molar-refractivity contribution in [3.63, 3.8) is 0 Å². The number of hydrogen-bond donors (Lipinski definition) is 1. The molecule has 0 saturated carbocycles. The molecule has 1 N–H and O–H groups in total. The summed E-state index contributed by atoms with van der Waals surface area (Å²) in [6, 6.07) is 7.49. The van der Waals surface area contributed by atoms with E-state index in [9.17, 15) is 9.59 Å². The topological polar surface area (TPSA) is 66.8 Å². The first-order chi connectivity index (χ1) is 9.63. The first-order valence-electron chi connectivity index (χ1n) is 5.86. The molecule has 0 unspecified atom stereocenters. The number of carboxylic acid groups (broad SMARTS) is 1. The second kappa shape index (κ2) is 6.21. The van der Waals surface area contributed by atoms with Crippen LogP contribution in [0, 0.1) is 0 Å². The molecule has 0 bridgehead atoms. The number of benzene rings is 1. The largest absolute Gasteiger partial charge is 0.480 e. The maximum absolute atomic E-state index is 12.0. The highest BCUT2D eigenvalue weighted by Crippen LogP contribution is 2.33. The third kappa shape index (κ3) is 2.97. The molecule has 2 aromatic rings. The fourth-order valence-corrected chi connectivity index (χ4v) is 2.71. The summed E-state index contributed by atoms with van der Waals surface area (Å²) in [6.45, 7) is 3.05. The van der Waals surface area contributed by atoms with Crippen LogP contribution < -0.4 is 4.90 Å². The van der Waals surface area contributed by atoms with Crippen LogP contribution in [0.4, 0.5) is 10.5 Å². The van der Waals surface area contributed by atoms with Gasteiger partial charge in [0.25, 0.3) is 0 Å². The van der Waals surface area contributed by atoms with Crippen LogP contribution in [0.1, 0.15) is 0 Å². The highest BCUT2D eigenvalue weighted by molar-refractivity contribution is 7.17. The summed E-state index contributed by atoms with van der Waals surface area (Å²) in [7, 11) is 0. The van der Waals surface area contributed by atoms with Crippen molar-refractivity contribution < 1.29 is 19.4 Å². The lowest BCUT2D eigenvalue weighted by molar-refractivity contribution is -0.135. The average molecular weight is 291 g/mol. The van der Waals surface area contributed by atoms with Crippen LogP contribution in [0.25, 0.3) is 10.1 Å². The molecule has 1 aromatic heterocycles. The zero-order chi connectivity index (χ0) is 14.5. The van der Waals surface area contributed by atoms with Gasteiger partial charge in [-0.1, -0.05) is 30.9 Å². The lowest BCUT2D eigenvalue weighted by atomic mass is 10.2. The predicted molar refractivity (Wildman–Crippen MR) is 78.4 cm³/mol. The van der Waals surface area contributed by atoms with Gasteiger partial charge < -0.3 is 9.84 Å². The molecule has 1 aromatic carbocycles. The second-order valence-corrected chi connectivity index (χ2v) is 4.87. The first kappa shape index (κ1) is 14.1. The van der Waals surface area contributed by atoms with Crippen LogP contribution in [-0.2, 0) is 9.53 Å². The van der Waals surface area contributed by atoms with Crippen molar-refractivity contribution in [2.24, 2.45) is 0 Å². The van der Waals surface area contributed by atoms with Crippen LogP contribution in [-0.4, -0.2) is 30.3 Å². The van der Waals surface area contributed by atoms with Gasteiger partial charge in [0.15, 0.2) is 0 Å². The summed E-state index contributed by atoms with van der Waals surface area (Å²) in [4.78, 5) is 24.0. The van der Waals surface area contributed by atoms with Gasteiger partial charge in [0.1, 0.15) is 13.2 Å². The van der Waals surface area contributed by atoms with Crippen molar-refractivity contribution in [1.29, 1.82) is 0 Å². The summed E-state index contributed by atoms with van der Waals surface area (Å²) < 4.78 is 5.92. The van der Waals surface area contributed by atoms with E-state index >= 15 is 0 Å². The number of ether oxygens (including phenoxy) is 1. The van der Waals surface area contributed by atoms with Gasteiger partial charge in [-0.15, -0.1) is 11.3 Å². The van der Waals surface area contributed by atoms with Crippen LogP contribution in [0.2, 0.25) is 0 Å². The molecule has 0 saturated heterocycles. The molecule has 0 atom stereocenters. The van der Waals surface area contributed by atoms with E-state index < -0.39 is 18.6 Å². The molecular weight excluding hydrogens is 278 g/mol. The summed E-state index contributed by atoms with van der Waals surface area (Å²) in [5.41, 5.74) is 0.544. The molecule has 6 heteroatoms. The SMILES string of the molecule is C=CCOC(=O)N(CC(=O)O)c1csc2ccccc12. The van der Waals surface area contributed by atoms with Crippen molar-refractivity contribution in [2.75, 3.05) is 18.1 Å². The Hall–Kier alpha value is -2.34. The molecular formula is C14H13NO4S. The van der Waals surface area contributed by atoms with E-state index in [-0.39, 0.29) is 6.61 Å². The Bertz CT molecular complexity index is 649. The zero-order valence-corrected chi connectivity index (χ0v) is 11.4. The van der Waals surface area contributed by atoms with Crippen molar-refractivity contribution in [1.82, 2.24) is 0 Å². The number of carbonyl (C=O) groups is 2. The van der Waals surface area contributed by atoms with Gasteiger partial charge in [-0.25, -0.2) is 4.79 Å². The number of aliphatic carboxylic acids is 1. The van der Waals surface area contributed by atoms with Crippen molar-refractivity contribution in [3.8, 4) is 0 Å². The minimum absolute atomic E-state index is 0.0387. The van der Waals surface area contributed by atoms with Gasteiger partial charge in [-0.05, 0) is 6.07 Å². The van der Waals surface area contributed by atoms with Crippen LogP contribution in [0.3, 0.4) is 0 Å². The third-order valence-electron chi connectivity index (χ3n) is 2.59. The van der Waals surface area contributed by atoms with Gasteiger partial charge in [0, 0.05) is 15.5 Å². The smallest absolute Gasteiger partial charge is 0.415 e. The molecule has 0 radical (unpaired) electrons. The Morgan fingerprint density at radius 2 is 2.15 bits per heavy atom. The van der Waals surface area contributed by atoms with Crippen molar-refractivity contribution in [2.45, 2.75) is 0 Å². The number of fused-ring (bicyclic) bond motifs is 1. The molecule has 2 rings (SSSR count). The predicted octanol–water partition coefficient (Wildman–Crippen LogP) is 3.11. The molecule has 20 heavy (non-hydrogen) atoms. The Balaban J connectivity index is 2.37. The van der Waals surface area contributed by atoms with E-state index in [1.807, 2.05) is 24.3 Å². The van der Waals surface area contributed by atoms with E-state index in [0.717, 1.165) is 15.0 Å². The van der Waals surface area contributed by atoms with Crippen molar-refractivity contribution >= 4 is 39.2 Å². The van der Waals surface area contributed by atoms with Gasteiger partial charge >= 0.3 is 12.1 Å². The van der Waals surface area contributed by atoms with Gasteiger partial charge in [-0.2, -0.15) is 0 Å². The van der Waals surface area contributed by atoms with Crippen molar-refractivity contribution in [3.05, 3.63) is 42.3 Å². The standard InChI is InChI=1S/C14H13NO4S/c1-2-7-19-14(18)15(8-13(16)17)11-9-20-12-6-4-3-5-10(11)12/h2-6,9H,1,7-8H2,(H,16,17). The maximum atomic E-state index is 12.0. The summed E-state index contributed by atoms with van der Waals surface area (Å²) in [6.07, 6.45) is 0.735. The molecule has 0 fully saturated rings. The van der Waals surface area contributed by atoms with E-state index in [0.29, 0.717) is 5.69 Å². The van der Waals surface area contributed by atoms with Crippen LogP contribution in [0.15, 0.2) is 42.3 Å². The fourth-order valence-electron chi connectivity index (χ4n) is 1.76. The number of nitrogens with zero attached hydrogens (tertiary/aromatic N) is 1. The third-order valence-corrected chi connectivity index (χ3v) is 3.54. The number of carboxylic acids is 1. The monoisotopic (exact) mass is 291 g/mol. The Kier molecular flexibility index (Phi) is 4.37. The summed E-state index contributed by atoms with van der Waals surface area (Å²) >= 11 is 1.45. The highest BCUT2D eigenvalue weighted by Gasteiger charge is 2.22. The average Bonchev–Trinajstić information content (AvgIpc) is 2.85. The van der Waals surface area contributed by atoms with E-state index in [2.05, 4.69) is 6.58 Å². The number of amides is 1. The number of thiophene rings is 1. The van der Waals surface area contributed by atoms with Gasteiger partial charge in [-0.3, -0.25) is 9.69 Å². The normalized spacial score (nSPS) is 10.2. The molecule has 0 aliphatic heterocycles. The Morgan fingerprint density at radius 1 is 1.40 bits per heavy atom. The fraction of sp³-hybridized carbons (Fsp3) is 0.143. The Labute approximate surface area is 119 Å². The number of rotatable bonds is 5.